The zero-order valence-corrected chi connectivity index (χ0v) is 9.66. The van der Waals surface area contributed by atoms with Crippen molar-refractivity contribution < 1.29 is 14.7 Å². The van der Waals surface area contributed by atoms with Crippen LogP contribution >= 0.6 is 12.4 Å². The maximum atomic E-state index is 11.6. The van der Waals surface area contributed by atoms with Gasteiger partial charge in [-0.15, -0.1) is 12.4 Å². The third-order valence-corrected chi connectivity index (χ3v) is 2.27. The van der Waals surface area contributed by atoms with Crippen LogP contribution in [0.25, 0.3) is 6.08 Å². The molecule has 0 atom stereocenters. The van der Waals surface area contributed by atoms with Crippen LogP contribution in [0, 0.1) is 0 Å². The van der Waals surface area contributed by atoms with Gasteiger partial charge in [0, 0.05) is 25.2 Å². The number of fused-ring (bicyclic) bond motifs is 1. The number of nitrogens with zero attached hydrogens (tertiary/aromatic N) is 1. The Morgan fingerprint density at radius 1 is 1.53 bits per heavy atom. The molecule has 0 bridgehead atoms. The van der Waals surface area contributed by atoms with Crippen molar-refractivity contribution in [1.29, 1.82) is 0 Å². The molecule has 5 nitrogen and oxygen atoms in total. The van der Waals surface area contributed by atoms with E-state index in [0.717, 1.165) is 6.08 Å². The summed E-state index contributed by atoms with van der Waals surface area (Å²) in [5.74, 6) is -0.419. The van der Waals surface area contributed by atoms with Gasteiger partial charge in [-0.25, -0.2) is 9.78 Å². The number of anilines is 1. The molecule has 1 aliphatic rings. The average Bonchev–Trinajstić information content (AvgIpc) is 2.27. The highest BCUT2D eigenvalue weighted by Gasteiger charge is 2.17. The van der Waals surface area contributed by atoms with E-state index in [1.807, 2.05) is 0 Å². The van der Waals surface area contributed by atoms with Gasteiger partial charge in [0.25, 0.3) is 0 Å². The quantitative estimate of drug-likeness (QED) is 0.784. The zero-order chi connectivity index (χ0) is 11.5. The highest BCUT2D eigenvalue weighted by Crippen LogP contribution is 2.20. The van der Waals surface area contributed by atoms with Crippen molar-refractivity contribution >= 4 is 36.1 Å². The fourth-order valence-corrected chi connectivity index (χ4v) is 1.52. The topological polar surface area (TPSA) is 79.3 Å². The fourth-order valence-electron chi connectivity index (χ4n) is 1.52. The first-order valence-corrected chi connectivity index (χ1v) is 4.85. The monoisotopic (exact) mass is 254 g/mol. The van der Waals surface area contributed by atoms with Crippen LogP contribution in [0.2, 0.25) is 0 Å². The van der Waals surface area contributed by atoms with Crippen molar-refractivity contribution in [3.05, 3.63) is 29.5 Å². The number of Topliss-reactive ketones (excluding diaryl/α,β-unsaturated/α-hetero) is 1. The molecule has 2 heterocycles. The number of rotatable bonds is 2. The van der Waals surface area contributed by atoms with E-state index in [-0.39, 0.29) is 18.2 Å². The summed E-state index contributed by atoms with van der Waals surface area (Å²) < 4.78 is 0. The van der Waals surface area contributed by atoms with Gasteiger partial charge in [0.05, 0.1) is 5.56 Å². The van der Waals surface area contributed by atoms with Gasteiger partial charge in [0.1, 0.15) is 5.82 Å². The minimum absolute atomic E-state index is 0. The van der Waals surface area contributed by atoms with E-state index in [9.17, 15) is 9.59 Å². The molecule has 90 valence electrons. The van der Waals surface area contributed by atoms with Crippen molar-refractivity contribution in [2.45, 2.75) is 6.42 Å². The lowest BCUT2D eigenvalue weighted by atomic mass is 10.0. The average molecular weight is 255 g/mol. The van der Waals surface area contributed by atoms with Gasteiger partial charge >= 0.3 is 5.97 Å². The number of halogens is 1. The summed E-state index contributed by atoms with van der Waals surface area (Å²) in [6.07, 6.45) is 4.41. The molecule has 1 aromatic rings. The fraction of sp³-hybridized carbons (Fsp3) is 0.182. The standard InChI is InChI=1S/C11H10N2O3.ClH/c14-9-3-4-12-11-8(9)5-7(6-13-11)1-2-10(15)16;/h1-2,5-6H,3-4H2,(H,12,13)(H,15,16);1H/b2-1+;. The third kappa shape index (κ3) is 3.04. The van der Waals surface area contributed by atoms with Crippen LogP contribution in [0.1, 0.15) is 22.3 Å². The minimum Gasteiger partial charge on any atom is -0.478 e. The van der Waals surface area contributed by atoms with Gasteiger partial charge in [-0.1, -0.05) is 0 Å². The van der Waals surface area contributed by atoms with E-state index in [1.54, 1.807) is 6.07 Å². The highest BCUT2D eigenvalue weighted by molar-refractivity contribution is 6.02. The van der Waals surface area contributed by atoms with E-state index in [4.69, 9.17) is 5.11 Å². The molecule has 0 saturated heterocycles. The van der Waals surface area contributed by atoms with E-state index < -0.39 is 5.97 Å². The van der Waals surface area contributed by atoms with Crippen molar-refractivity contribution in [1.82, 2.24) is 4.98 Å². The van der Waals surface area contributed by atoms with Crippen LogP contribution in [-0.2, 0) is 4.79 Å². The summed E-state index contributed by atoms with van der Waals surface area (Å²) in [6, 6.07) is 1.65. The summed E-state index contributed by atoms with van der Waals surface area (Å²) in [5, 5.41) is 11.5. The molecule has 0 aromatic carbocycles. The predicted octanol–water partition coefficient (Wildman–Crippen LogP) is 1.60. The molecule has 0 radical (unpaired) electrons. The molecule has 0 fully saturated rings. The molecule has 0 unspecified atom stereocenters. The molecular formula is C11H11ClN2O3. The lowest BCUT2D eigenvalue weighted by molar-refractivity contribution is -0.131. The Labute approximate surface area is 104 Å². The number of carbonyl (C=O) groups excluding carboxylic acids is 1. The number of aliphatic carboxylic acids is 1. The molecule has 0 amide bonds. The summed E-state index contributed by atoms with van der Waals surface area (Å²) >= 11 is 0. The lowest BCUT2D eigenvalue weighted by Crippen LogP contribution is -2.19. The number of hydrogen-bond donors (Lipinski definition) is 2. The number of carboxylic acid groups (broad SMARTS) is 1. The number of carboxylic acids is 1. The van der Waals surface area contributed by atoms with Crippen molar-refractivity contribution in [2.24, 2.45) is 0 Å². The van der Waals surface area contributed by atoms with E-state index >= 15 is 0 Å². The summed E-state index contributed by atoms with van der Waals surface area (Å²) in [7, 11) is 0. The van der Waals surface area contributed by atoms with Gasteiger partial charge in [-0.2, -0.15) is 0 Å². The molecule has 0 saturated carbocycles. The largest absolute Gasteiger partial charge is 0.478 e. The van der Waals surface area contributed by atoms with Crippen molar-refractivity contribution in [3.63, 3.8) is 0 Å². The molecule has 2 rings (SSSR count). The maximum Gasteiger partial charge on any atom is 0.328 e. The molecule has 1 aromatic heterocycles. The zero-order valence-electron chi connectivity index (χ0n) is 8.84. The number of pyridine rings is 1. The Hall–Kier alpha value is -1.88. The first kappa shape index (κ1) is 13.2. The third-order valence-electron chi connectivity index (χ3n) is 2.27. The number of hydrogen-bond acceptors (Lipinski definition) is 4. The van der Waals surface area contributed by atoms with Crippen LogP contribution < -0.4 is 5.32 Å². The van der Waals surface area contributed by atoms with Gasteiger partial charge in [0.15, 0.2) is 5.78 Å². The Morgan fingerprint density at radius 3 is 3.00 bits per heavy atom. The van der Waals surface area contributed by atoms with Crippen LogP contribution in [-0.4, -0.2) is 28.4 Å². The normalized spacial score (nSPS) is 13.8. The van der Waals surface area contributed by atoms with Crippen molar-refractivity contribution in [3.8, 4) is 0 Å². The van der Waals surface area contributed by atoms with Crippen LogP contribution in [0.4, 0.5) is 5.82 Å². The number of nitrogens with one attached hydrogen (secondary N) is 1. The minimum atomic E-state index is -1.03. The van der Waals surface area contributed by atoms with E-state index in [0.29, 0.717) is 29.9 Å². The summed E-state index contributed by atoms with van der Waals surface area (Å²) in [6.45, 7) is 0.600. The summed E-state index contributed by atoms with van der Waals surface area (Å²) in [5.41, 5.74) is 1.14. The first-order valence-electron chi connectivity index (χ1n) is 4.85. The van der Waals surface area contributed by atoms with Crippen LogP contribution in [0.3, 0.4) is 0 Å². The number of aromatic nitrogens is 1. The second-order valence-electron chi connectivity index (χ2n) is 3.44. The molecule has 0 aliphatic carbocycles. The second-order valence-corrected chi connectivity index (χ2v) is 3.44. The molecule has 6 heteroatoms. The predicted molar refractivity (Wildman–Crippen MR) is 65.6 cm³/mol. The lowest BCUT2D eigenvalue weighted by Gasteiger charge is -2.15. The number of carbonyl (C=O) groups is 2. The first-order chi connectivity index (χ1) is 7.66. The van der Waals surface area contributed by atoms with E-state index in [2.05, 4.69) is 10.3 Å². The number of ketones is 1. The molecular weight excluding hydrogens is 244 g/mol. The van der Waals surface area contributed by atoms with Gasteiger partial charge in [0.2, 0.25) is 0 Å². The summed E-state index contributed by atoms with van der Waals surface area (Å²) in [4.78, 5) is 26.0. The van der Waals surface area contributed by atoms with Gasteiger partial charge < -0.3 is 10.4 Å². The Balaban J connectivity index is 0.00000144. The van der Waals surface area contributed by atoms with Gasteiger partial charge in [-0.3, -0.25) is 4.79 Å². The maximum absolute atomic E-state index is 11.6. The molecule has 17 heavy (non-hydrogen) atoms. The highest BCUT2D eigenvalue weighted by atomic mass is 35.5. The Kier molecular flexibility index (Phi) is 4.23. The van der Waals surface area contributed by atoms with Gasteiger partial charge in [-0.05, 0) is 17.7 Å². The smallest absolute Gasteiger partial charge is 0.328 e. The van der Waals surface area contributed by atoms with Crippen LogP contribution in [0.15, 0.2) is 18.3 Å². The molecule has 1 aliphatic heterocycles. The SMILES string of the molecule is Cl.O=C(O)/C=C/c1cnc2c(c1)C(=O)CCN2. The Morgan fingerprint density at radius 2 is 2.29 bits per heavy atom. The Bertz CT molecular complexity index is 486. The van der Waals surface area contributed by atoms with Crippen molar-refractivity contribution in [2.75, 3.05) is 11.9 Å². The molecule has 2 N–H and O–H groups in total. The van der Waals surface area contributed by atoms with Crippen LogP contribution in [0.5, 0.6) is 0 Å². The van der Waals surface area contributed by atoms with E-state index in [1.165, 1.54) is 12.3 Å². The second kappa shape index (κ2) is 5.45. The molecule has 0 spiro atoms.